The molecule has 0 spiro atoms. The Morgan fingerprint density at radius 3 is 2.55 bits per heavy atom. The maximum atomic E-state index is 13.1. The monoisotopic (exact) mass is 461 g/mol. The van der Waals surface area contributed by atoms with E-state index in [1.54, 1.807) is 42.7 Å². The van der Waals surface area contributed by atoms with Gasteiger partial charge < -0.3 is 14.8 Å². The molecule has 0 radical (unpaired) electrons. The number of pyridine rings is 2. The van der Waals surface area contributed by atoms with E-state index in [1.165, 1.54) is 19.4 Å². The number of nitrogens with zero attached hydrogens (tertiary/aromatic N) is 2. The van der Waals surface area contributed by atoms with Gasteiger partial charge in [-0.3, -0.25) is 9.78 Å². The van der Waals surface area contributed by atoms with Gasteiger partial charge >= 0.3 is 5.97 Å². The van der Waals surface area contributed by atoms with Crippen LogP contribution in [0.25, 0.3) is 10.8 Å². The molecule has 33 heavy (non-hydrogen) atoms. The van der Waals surface area contributed by atoms with Gasteiger partial charge in [0.15, 0.2) is 0 Å². The topological polar surface area (TPSA) is 90.4 Å². The van der Waals surface area contributed by atoms with E-state index in [9.17, 15) is 9.59 Å². The van der Waals surface area contributed by atoms with Crippen molar-refractivity contribution in [3.63, 3.8) is 0 Å². The van der Waals surface area contributed by atoms with E-state index >= 15 is 0 Å². The van der Waals surface area contributed by atoms with Crippen molar-refractivity contribution in [2.75, 3.05) is 7.11 Å². The highest BCUT2D eigenvalue weighted by Crippen LogP contribution is 2.28. The Morgan fingerprint density at radius 2 is 1.79 bits per heavy atom. The van der Waals surface area contributed by atoms with Crippen LogP contribution >= 0.6 is 11.6 Å². The predicted octanol–water partition coefficient (Wildman–Crippen LogP) is 5.35. The summed E-state index contributed by atoms with van der Waals surface area (Å²) < 4.78 is 10.6. The van der Waals surface area contributed by atoms with Crippen molar-refractivity contribution in [3.05, 3.63) is 94.9 Å². The second-order valence-corrected chi connectivity index (χ2v) is 7.74. The molecule has 8 heteroatoms. The Bertz CT molecular complexity index is 1330. The Morgan fingerprint density at radius 1 is 1.00 bits per heavy atom. The molecule has 0 saturated carbocycles. The van der Waals surface area contributed by atoms with Crippen molar-refractivity contribution < 1.29 is 19.1 Å². The average molecular weight is 462 g/mol. The fourth-order valence-electron chi connectivity index (χ4n) is 3.29. The molecule has 0 unspecified atom stereocenters. The number of esters is 1. The number of nitrogens with one attached hydrogen (secondary N) is 1. The lowest BCUT2D eigenvalue weighted by molar-refractivity contribution is 0.0600. The molecule has 2 heterocycles. The molecule has 1 amide bonds. The third-order valence-electron chi connectivity index (χ3n) is 5.07. The van der Waals surface area contributed by atoms with Gasteiger partial charge in [0, 0.05) is 24.0 Å². The lowest BCUT2D eigenvalue weighted by Gasteiger charge is -2.16. The van der Waals surface area contributed by atoms with Crippen LogP contribution in [-0.2, 0) is 4.74 Å². The normalized spacial score (nSPS) is 11.6. The zero-order valence-corrected chi connectivity index (χ0v) is 18.7. The lowest BCUT2D eigenvalue weighted by atomic mass is 10.1. The van der Waals surface area contributed by atoms with Gasteiger partial charge in [0.1, 0.15) is 11.3 Å². The summed E-state index contributed by atoms with van der Waals surface area (Å²) in [4.78, 5) is 33.0. The van der Waals surface area contributed by atoms with Gasteiger partial charge in [0.05, 0.1) is 23.7 Å². The van der Waals surface area contributed by atoms with E-state index in [0.717, 1.165) is 16.3 Å². The maximum Gasteiger partial charge on any atom is 0.337 e. The van der Waals surface area contributed by atoms with Gasteiger partial charge in [0.25, 0.3) is 5.91 Å². The van der Waals surface area contributed by atoms with E-state index in [0.29, 0.717) is 16.3 Å². The summed E-state index contributed by atoms with van der Waals surface area (Å²) >= 11 is 6.11. The van der Waals surface area contributed by atoms with Crippen molar-refractivity contribution in [1.82, 2.24) is 15.3 Å². The highest BCUT2D eigenvalue weighted by Gasteiger charge is 2.19. The number of hydrogen-bond acceptors (Lipinski definition) is 6. The van der Waals surface area contributed by atoms with Crippen LogP contribution in [0.1, 0.15) is 39.2 Å². The lowest BCUT2D eigenvalue weighted by Crippen LogP contribution is -2.27. The molecular formula is C25H20ClN3O4. The number of amides is 1. The molecule has 4 aromatic rings. The number of halogens is 1. The largest absolute Gasteiger partial charge is 0.465 e. The number of methoxy groups -OCH3 is 1. The molecule has 4 rings (SSSR count). The molecule has 0 aliphatic heterocycles. The summed E-state index contributed by atoms with van der Waals surface area (Å²) in [6, 6.07) is 15.4. The standard InChI is InChI=1S/C25H20ClN3O4/c1-15(16-3-5-18(6-4-16)25(31)32-2)29-23(30)22-12-20(26)14-28-24(22)33-21-8-7-17-9-10-27-13-19(17)11-21/h3-15H,1-2H3,(H,29,30)/t15-/m0/s1. The van der Waals surface area contributed by atoms with E-state index in [4.69, 9.17) is 21.1 Å². The summed E-state index contributed by atoms with van der Waals surface area (Å²) in [5.41, 5.74) is 1.45. The Hall–Kier alpha value is -3.97. The molecule has 2 aromatic heterocycles. The molecule has 7 nitrogen and oxygen atoms in total. The SMILES string of the molecule is COC(=O)c1ccc([C@H](C)NC(=O)c2cc(Cl)cnc2Oc2ccc3ccncc3c2)cc1. The quantitative estimate of drug-likeness (QED) is 0.389. The second-order valence-electron chi connectivity index (χ2n) is 7.30. The van der Waals surface area contributed by atoms with Crippen LogP contribution in [0, 0.1) is 0 Å². The number of hydrogen-bond donors (Lipinski definition) is 1. The first kappa shape index (κ1) is 22.2. The minimum atomic E-state index is -0.422. The van der Waals surface area contributed by atoms with Gasteiger partial charge in [-0.2, -0.15) is 0 Å². The highest BCUT2D eigenvalue weighted by atomic mass is 35.5. The number of carbonyl (C=O) groups excluding carboxylic acids is 2. The number of aromatic nitrogens is 2. The number of fused-ring (bicyclic) bond motifs is 1. The van der Waals surface area contributed by atoms with Crippen LogP contribution in [0.5, 0.6) is 11.6 Å². The van der Waals surface area contributed by atoms with E-state index < -0.39 is 11.9 Å². The fraction of sp³-hybridized carbons (Fsp3) is 0.120. The van der Waals surface area contributed by atoms with Gasteiger partial charge in [0.2, 0.25) is 5.88 Å². The van der Waals surface area contributed by atoms with Crippen LogP contribution in [0.2, 0.25) is 5.02 Å². The summed E-state index contributed by atoms with van der Waals surface area (Å²) in [5, 5.41) is 5.15. The average Bonchev–Trinajstić information content (AvgIpc) is 2.84. The van der Waals surface area contributed by atoms with Crippen molar-refractivity contribution in [2.45, 2.75) is 13.0 Å². The third-order valence-corrected chi connectivity index (χ3v) is 5.28. The maximum absolute atomic E-state index is 13.1. The van der Waals surface area contributed by atoms with Gasteiger partial charge in [-0.25, -0.2) is 9.78 Å². The molecule has 2 aromatic carbocycles. The molecule has 0 aliphatic carbocycles. The summed E-state index contributed by atoms with van der Waals surface area (Å²) in [6.07, 6.45) is 4.87. The smallest absolute Gasteiger partial charge is 0.337 e. The van der Waals surface area contributed by atoms with E-state index in [1.807, 2.05) is 25.1 Å². The molecule has 0 aliphatic rings. The van der Waals surface area contributed by atoms with Gasteiger partial charge in [-0.05, 0) is 54.3 Å². The first-order valence-electron chi connectivity index (χ1n) is 10.1. The first-order valence-corrected chi connectivity index (χ1v) is 10.5. The Labute approximate surface area is 195 Å². The van der Waals surface area contributed by atoms with Crippen LogP contribution in [0.4, 0.5) is 0 Å². The predicted molar refractivity (Wildman–Crippen MR) is 125 cm³/mol. The molecule has 0 saturated heterocycles. The van der Waals surface area contributed by atoms with Crippen molar-refractivity contribution in [2.24, 2.45) is 0 Å². The summed E-state index contributed by atoms with van der Waals surface area (Å²) in [5.74, 6) is -0.166. The van der Waals surface area contributed by atoms with Crippen molar-refractivity contribution in [1.29, 1.82) is 0 Å². The zero-order valence-electron chi connectivity index (χ0n) is 17.9. The van der Waals surface area contributed by atoms with Crippen molar-refractivity contribution in [3.8, 4) is 11.6 Å². The highest BCUT2D eigenvalue weighted by molar-refractivity contribution is 6.30. The second kappa shape index (κ2) is 9.67. The molecule has 0 bridgehead atoms. The van der Waals surface area contributed by atoms with Crippen molar-refractivity contribution >= 4 is 34.2 Å². The fourth-order valence-corrected chi connectivity index (χ4v) is 3.45. The first-order chi connectivity index (χ1) is 15.9. The summed E-state index contributed by atoms with van der Waals surface area (Å²) in [7, 11) is 1.33. The molecule has 1 N–H and O–H groups in total. The number of carbonyl (C=O) groups is 2. The number of rotatable bonds is 6. The Kier molecular flexibility index (Phi) is 6.51. The van der Waals surface area contributed by atoms with Crippen LogP contribution in [0.3, 0.4) is 0 Å². The molecule has 166 valence electrons. The van der Waals surface area contributed by atoms with Crippen LogP contribution < -0.4 is 10.1 Å². The van der Waals surface area contributed by atoms with E-state index in [2.05, 4.69) is 15.3 Å². The number of ether oxygens (including phenoxy) is 2. The number of benzene rings is 2. The summed E-state index contributed by atoms with van der Waals surface area (Å²) in [6.45, 7) is 1.83. The molecule has 0 fully saturated rings. The molecular weight excluding hydrogens is 442 g/mol. The molecule has 1 atom stereocenters. The Balaban J connectivity index is 1.54. The minimum absolute atomic E-state index is 0.133. The van der Waals surface area contributed by atoms with Crippen LogP contribution in [0.15, 0.2) is 73.2 Å². The van der Waals surface area contributed by atoms with Gasteiger partial charge in [-0.15, -0.1) is 0 Å². The minimum Gasteiger partial charge on any atom is -0.465 e. The third kappa shape index (κ3) is 5.10. The zero-order chi connectivity index (χ0) is 23.4. The van der Waals surface area contributed by atoms with E-state index in [-0.39, 0.29) is 17.5 Å². The van der Waals surface area contributed by atoms with Gasteiger partial charge in [-0.1, -0.05) is 29.8 Å². The van der Waals surface area contributed by atoms with Crippen LogP contribution in [-0.4, -0.2) is 29.0 Å².